The summed E-state index contributed by atoms with van der Waals surface area (Å²) in [5.41, 5.74) is 8.42. The lowest BCUT2D eigenvalue weighted by Gasteiger charge is -2.31. The summed E-state index contributed by atoms with van der Waals surface area (Å²) in [6, 6.07) is 3.63. The van der Waals surface area contributed by atoms with Gasteiger partial charge in [-0.25, -0.2) is 4.79 Å². The topological polar surface area (TPSA) is 84.6 Å². The average molecular weight is 264 g/mol. The van der Waals surface area contributed by atoms with Crippen molar-refractivity contribution in [2.75, 3.05) is 24.7 Å². The van der Waals surface area contributed by atoms with Gasteiger partial charge in [0.25, 0.3) is 0 Å². The molecule has 1 aromatic carbocycles. The van der Waals surface area contributed by atoms with Crippen LogP contribution in [0.5, 0.6) is 0 Å². The first-order valence-electron chi connectivity index (χ1n) is 6.41. The van der Waals surface area contributed by atoms with Crippen molar-refractivity contribution in [3.8, 4) is 0 Å². The summed E-state index contributed by atoms with van der Waals surface area (Å²) in [6.45, 7) is 2.65. The fraction of sp³-hybridized carbons (Fsp3) is 0.500. The number of aliphatic hydroxyl groups excluding tert-OH is 1. The highest BCUT2D eigenvalue weighted by molar-refractivity contribution is 5.97. The average Bonchev–Trinajstić information content (AvgIpc) is 2.36. The number of aryl methyl sites for hydroxylation is 1. The lowest BCUT2D eigenvalue weighted by molar-refractivity contribution is 0.0487. The first kappa shape index (κ1) is 13.7. The highest BCUT2D eigenvalue weighted by atomic mass is 16.5. The van der Waals surface area contributed by atoms with Crippen LogP contribution in [-0.2, 0) is 4.74 Å². The Morgan fingerprint density at radius 1 is 1.53 bits per heavy atom. The van der Waals surface area contributed by atoms with E-state index in [1.54, 1.807) is 6.07 Å². The van der Waals surface area contributed by atoms with Gasteiger partial charge in [0.15, 0.2) is 0 Å². The van der Waals surface area contributed by atoms with Gasteiger partial charge in [0.1, 0.15) is 0 Å². The number of anilines is 2. The molecule has 1 aliphatic rings. The van der Waals surface area contributed by atoms with Gasteiger partial charge in [-0.15, -0.1) is 0 Å². The van der Waals surface area contributed by atoms with Crippen molar-refractivity contribution >= 4 is 17.3 Å². The maximum absolute atomic E-state index is 11.6. The fourth-order valence-corrected chi connectivity index (χ4v) is 2.31. The van der Waals surface area contributed by atoms with E-state index >= 15 is 0 Å². The molecule has 4 N–H and O–H groups in total. The molecular weight excluding hydrogens is 244 g/mol. The summed E-state index contributed by atoms with van der Waals surface area (Å²) in [7, 11) is 1.34. The Kier molecular flexibility index (Phi) is 3.95. The molecule has 0 atom stereocenters. The number of ether oxygens (including phenoxy) is 1. The first-order valence-corrected chi connectivity index (χ1v) is 6.41. The van der Waals surface area contributed by atoms with Crippen LogP contribution in [0.3, 0.4) is 0 Å². The van der Waals surface area contributed by atoms with Crippen LogP contribution in [0, 0.1) is 12.8 Å². The second-order valence-electron chi connectivity index (χ2n) is 5.12. The largest absolute Gasteiger partial charge is 0.465 e. The zero-order valence-electron chi connectivity index (χ0n) is 11.3. The summed E-state index contributed by atoms with van der Waals surface area (Å²) < 4.78 is 4.72. The number of nitrogens with two attached hydrogens (primary N) is 1. The van der Waals surface area contributed by atoms with Gasteiger partial charge in [-0.2, -0.15) is 0 Å². The standard InChI is InChI=1S/C14H20N2O3/c1-8-3-10(16-7-9-4-11(17)5-9)6-12(13(8)15)14(18)19-2/h3,6,9,11,16-17H,4-5,7,15H2,1-2H3. The molecule has 0 saturated heterocycles. The third-order valence-electron chi connectivity index (χ3n) is 3.60. The molecule has 0 heterocycles. The van der Waals surface area contributed by atoms with Gasteiger partial charge in [-0.1, -0.05) is 0 Å². The van der Waals surface area contributed by atoms with E-state index < -0.39 is 5.97 Å². The Morgan fingerprint density at radius 2 is 2.21 bits per heavy atom. The van der Waals surface area contributed by atoms with E-state index in [0.29, 0.717) is 17.2 Å². The molecule has 19 heavy (non-hydrogen) atoms. The summed E-state index contributed by atoms with van der Waals surface area (Å²) >= 11 is 0. The van der Waals surface area contributed by atoms with Crippen LogP contribution in [0.15, 0.2) is 12.1 Å². The number of esters is 1. The van der Waals surface area contributed by atoms with Crippen LogP contribution in [0.4, 0.5) is 11.4 Å². The van der Waals surface area contributed by atoms with Crippen molar-refractivity contribution in [2.45, 2.75) is 25.9 Å². The lowest BCUT2D eigenvalue weighted by atomic mass is 9.82. The number of benzene rings is 1. The van der Waals surface area contributed by atoms with Crippen molar-refractivity contribution < 1.29 is 14.6 Å². The molecular formula is C14H20N2O3. The maximum Gasteiger partial charge on any atom is 0.340 e. The summed E-state index contributed by atoms with van der Waals surface area (Å²) in [4.78, 5) is 11.6. The minimum atomic E-state index is -0.427. The number of aliphatic hydroxyl groups is 1. The Hall–Kier alpha value is -1.75. The van der Waals surface area contributed by atoms with Gasteiger partial charge < -0.3 is 20.9 Å². The van der Waals surface area contributed by atoms with E-state index in [2.05, 4.69) is 5.32 Å². The molecule has 104 valence electrons. The summed E-state index contributed by atoms with van der Waals surface area (Å²) in [5.74, 6) is 0.0674. The minimum absolute atomic E-state index is 0.148. The predicted octanol–water partition coefficient (Wildman–Crippen LogP) is 1.55. The van der Waals surface area contributed by atoms with Crippen molar-refractivity contribution in [2.24, 2.45) is 5.92 Å². The molecule has 1 saturated carbocycles. The van der Waals surface area contributed by atoms with Gasteiger partial charge in [0.2, 0.25) is 0 Å². The second kappa shape index (κ2) is 5.48. The van der Waals surface area contributed by atoms with E-state index in [1.807, 2.05) is 13.0 Å². The molecule has 1 aromatic rings. The number of methoxy groups -OCH3 is 1. The van der Waals surface area contributed by atoms with Crippen LogP contribution >= 0.6 is 0 Å². The monoisotopic (exact) mass is 264 g/mol. The molecule has 5 heteroatoms. The number of hydrogen-bond acceptors (Lipinski definition) is 5. The van der Waals surface area contributed by atoms with Crippen LogP contribution in [0.1, 0.15) is 28.8 Å². The molecule has 1 aliphatic carbocycles. The van der Waals surface area contributed by atoms with Crippen molar-refractivity contribution in [1.29, 1.82) is 0 Å². The Labute approximate surface area is 112 Å². The van der Waals surface area contributed by atoms with Crippen molar-refractivity contribution in [3.63, 3.8) is 0 Å². The van der Waals surface area contributed by atoms with Crippen LogP contribution in [-0.4, -0.2) is 30.8 Å². The number of carbonyl (C=O) groups is 1. The zero-order chi connectivity index (χ0) is 14.0. The maximum atomic E-state index is 11.6. The van der Waals surface area contributed by atoms with Crippen molar-refractivity contribution in [3.05, 3.63) is 23.3 Å². The highest BCUT2D eigenvalue weighted by Gasteiger charge is 2.26. The number of carbonyl (C=O) groups excluding carboxylic acids is 1. The SMILES string of the molecule is COC(=O)c1cc(NCC2CC(O)C2)cc(C)c1N. The molecule has 0 radical (unpaired) electrons. The molecule has 0 unspecified atom stereocenters. The number of nitrogen functional groups attached to an aromatic ring is 1. The molecule has 5 nitrogen and oxygen atoms in total. The number of rotatable bonds is 4. The third-order valence-corrected chi connectivity index (χ3v) is 3.60. The van der Waals surface area contributed by atoms with E-state index in [-0.39, 0.29) is 6.10 Å². The van der Waals surface area contributed by atoms with Gasteiger partial charge in [0.05, 0.1) is 18.8 Å². The smallest absolute Gasteiger partial charge is 0.340 e. The number of nitrogens with one attached hydrogen (secondary N) is 1. The molecule has 0 bridgehead atoms. The molecule has 1 fully saturated rings. The van der Waals surface area contributed by atoms with E-state index in [9.17, 15) is 9.90 Å². The van der Waals surface area contributed by atoms with E-state index in [4.69, 9.17) is 10.5 Å². The second-order valence-corrected chi connectivity index (χ2v) is 5.12. The molecule has 0 spiro atoms. The molecule has 0 aliphatic heterocycles. The van der Waals surface area contributed by atoms with Gasteiger partial charge in [-0.05, 0) is 43.4 Å². The summed E-state index contributed by atoms with van der Waals surface area (Å²) in [5, 5.41) is 12.5. The summed E-state index contributed by atoms with van der Waals surface area (Å²) in [6.07, 6.45) is 1.53. The Bertz CT molecular complexity index is 482. The van der Waals surface area contributed by atoms with E-state index in [0.717, 1.165) is 30.6 Å². The van der Waals surface area contributed by atoms with Gasteiger partial charge in [-0.3, -0.25) is 0 Å². The lowest BCUT2D eigenvalue weighted by Crippen LogP contribution is -2.33. The van der Waals surface area contributed by atoms with Gasteiger partial charge in [0, 0.05) is 17.9 Å². The van der Waals surface area contributed by atoms with Crippen LogP contribution in [0.2, 0.25) is 0 Å². The van der Waals surface area contributed by atoms with Crippen LogP contribution < -0.4 is 11.1 Å². The highest BCUT2D eigenvalue weighted by Crippen LogP contribution is 2.28. The molecule has 2 rings (SSSR count). The van der Waals surface area contributed by atoms with Gasteiger partial charge >= 0.3 is 5.97 Å². The molecule has 0 aromatic heterocycles. The number of hydrogen-bond donors (Lipinski definition) is 3. The van der Waals surface area contributed by atoms with Crippen LogP contribution in [0.25, 0.3) is 0 Å². The quantitative estimate of drug-likeness (QED) is 0.567. The van der Waals surface area contributed by atoms with Crippen molar-refractivity contribution in [1.82, 2.24) is 0 Å². The first-order chi connectivity index (χ1) is 9.01. The zero-order valence-corrected chi connectivity index (χ0v) is 11.3. The predicted molar refractivity (Wildman–Crippen MR) is 74.2 cm³/mol. The molecule has 0 amide bonds. The minimum Gasteiger partial charge on any atom is -0.465 e. The third kappa shape index (κ3) is 2.98. The Morgan fingerprint density at radius 3 is 2.79 bits per heavy atom. The normalized spacial score (nSPS) is 21.6. The fourth-order valence-electron chi connectivity index (χ4n) is 2.31. The Balaban J connectivity index is 2.08. The van der Waals surface area contributed by atoms with E-state index in [1.165, 1.54) is 7.11 Å².